The summed E-state index contributed by atoms with van der Waals surface area (Å²) in [5.74, 6) is -1.52. The number of hydrogen-bond donors (Lipinski definition) is 2. The van der Waals surface area contributed by atoms with Gasteiger partial charge in [-0.25, -0.2) is 9.18 Å². The Morgan fingerprint density at radius 1 is 1.28 bits per heavy atom. The lowest BCUT2D eigenvalue weighted by Crippen LogP contribution is -2.43. The number of Topliss-reactive ketones (excluding diaryl/α,β-unsaturated/α-hetero) is 1. The lowest BCUT2D eigenvalue weighted by atomic mass is 10.1. The Balaban J connectivity index is 2.36. The highest BCUT2D eigenvalue weighted by atomic mass is 32.2. The van der Waals surface area contributed by atoms with Gasteiger partial charge in [-0.2, -0.15) is 0 Å². The van der Waals surface area contributed by atoms with Crippen molar-refractivity contribution in [3.05, 3.63) is 50.4 Å². The molecule has 0 atom stereocenters. The van der Waals surface area contributed by atoms with Crippen LogP contribution >= 0.6 is 11.8 Å². The number of amides is 1. The molecule has 0 saturated carbocycles. The van der Waals surface area contributed by atoms with Crippen molar-refractivity contribution in [2.24, 2.45) is 5.92 Å². The average molecular weight is 465 g/mol. The van der Waals surface area contributed by atoms with Gasteiger partial charge in [-0.3, -0.25) is 23.9 Å². The molecule has 0 saturated heterocycles. The summed E-state index contributed by atoms with van der Waals surface area (Å²) in [6.07, 6.45) is 1.50. The molecular weight excluding hydrogens is 435 g/mol. The summed E-state index contributed by atoms with van der Waals surface area (Å²) in [7, 11) is 0. The van der Waals surface area contributed by atoms with E-state index in [1.807, 2.05) is 20.8 Å². The molecular formula is C22H29FN4O4S. The number of carbonyl (C=O) groups excluding carboxylic acids is 2. The first-order valence-electron chi connectivity index (χ1n) is 10.4. The van der Waals surface area contributed by atoms with Gasteiger partial charge in [-0.15, -0.1) is 11.8 Å². The van der Waals surface area contributed by atoms with Gasteiger partial charge >= 0.3 is 5.69 Å². The zero-order chi connectivity index (χ0) is 24.0. The van der Waals surface area contributed by atoms with E-state index in [-0.39, 0.29) is 46.0 Å². The van der Waals surface area contributed by atoms with Gasteiger partial charge in [0.25, 0.3) is 5.56 Å². The summed E-state index contributed by atoms with van der Waals surface area (Å²) in [6, 6.07) is 4.08. The number of nitrogens with zero attached hydrogens (tertiary/aromatic N) is 2. The zero-order valence-electron chi connectivity index (χ0n) is 18.7. The van der Waals surface area contributed by atoms with E-state index < -0.39 is 23.0 Å². The Kier molecular flexibility index (Phi) is 8.82. The minimum absolute atomic E-state index is 0.00496. The number of hydrogen-bond acceptors (Lipinski definition) is 6. The molecule has 0 aliphatic rings. The van der Waals surface area contributed by atoms with Crippen LogP contribution in [0.3, 0.4) is 0 Å². The van der Waals surface area contributed by atoms with E-state index in [1.165, 1.54) is 28.5 Å². The normalized spacial score (nSPS) is 11.1. The van der Waals surface area contributed by atoms with Crippen molar-refractivity contribution >= 4 is 35.0 Å². The largest absolute Gasteiger partial charge is 0.383 e. The number of nitrogens with two attached hydrogens (primary N) is 1. The molecule has 174 valence electrons. The van der Waals surface area contributed by atoms with E-state index in [1.54, 1.807) is 0 Å². The second-order valence-electron chi connectivity index (χ2n) is 7.89. The number of H-pyrrole nitrogens is 1. The average Bonchev–Trinajstić information content (AvgIpc) is 2.71. The van der Waals surface area contributed by atoms with Crippen LogP contribution in [-0.4, -0.2) is 33.5 Å². The first-order chi connectivity index (χ1) is 15.1. The molecule has 2 rings (SSSR count). The van der Waals surface area contributed by atoms with Gasteiger partial charge < -0.3 is 10.6 Å². The number of unbranched alkanes of at least 4 members (excludes halogenated alkanes) is 1. The highest BCUT2D eigenvalue weighted by Gasteiger charge is 2.25. The lowest BCUT2D eigenvalue weighted by molar-refractivity contribution is -0.116. The fourth-order valence-electron chi connectivity index (χ4n) is 3.11. The number of nitrogen functional groups attached to an aromatic ring is 1. The standard InChI is InChI=1S/C22H29FN4O4S/c1-5-6-9-26-20(24)19(21(30)25-22(26)31)27(11-13(2)3)18(29)12-32-17-8-7-15(14(4)28)10-16(17)23/h7-8,10,13H,5-6,9,11-12,24H2,1-4H3,(H,25,30,31). The molecule has 0 unspecified atom stereocenters. The van der Waals surface area contributed by atoms with Gasteiger partial charge in [0.15, 0.2) is 11.5 Å². The monoisotopic (exact) mass is 464 g/mol. The van der Waals surface area contributed by atoms with Crippen LogP contribution in [0.2, 0.25) is 0 Å². The van der Waals surface area contributed by atoms with Crippen molar-refractivity contribution in [2.45, 2.75) is 52.0 Å². The molecule has 0 fully saturated rings. The number of carbonyl (C=O) groups is 2. The van der Waals surface area contributed by atoms with Crippen molar-refractivity contribution in [3.8, 4) is 0 Å². The van der Waals surface area contributed by atoms with Crippen LogP contribution in [0.5, 0.6) is 0 Å². The molecule has 32 heavy (non-hydrogen) atoms. The fourth-order valence-corrected chi connectivity index (χ4v) is 3.91. The highest BCUT2D eigenvalue weighted by molar-refractivity contribution is 8.00. The first-order valence-corrected chi connectivity index (χ1v) is 11.4. The summed E-state index contributed by atoms with van der Waals surface area (Å²) in [4.78, 5) is 53.0. The summed E-state index contributed by atoms with van der Waals surface area (Å²) < 4.78 is 15.6. The minimum atomic E-state index is -0.740. The van der Waals surface area contributed by atoms with Crippen molar-refractivity contribution in [1.29, 1.82) is 0 Å². The molecule has 1 heterocycles. The van der Waals surface area contributed by atoms with Crippen molar-refractivity contribution in [3.63, 3.8) is 0 Å². The molecule has 3 N–H and O–H groups in total. The van der Waals surface area contributed by atoms with E-state index in [0.29, 0.717) is 13.0 Å². The molecule has 0 aliphatic carbocycles. The van der Waals surface area contributed by atoms with Gasteiger partial charge in [0, 0.05) is 23.5 Å². The van der Waals surface area contributed by atoms with Gasteiger partial charge in [0.2, 0.25) is 5.91 Å². The minimum Gasteiger partial charge on any atom is -0.383 e. The zero-order valence-corrected chi connectivity index (χ0v) is 19.6. The van der Waals surface area contributed by atoms with Crippen LogP contribution in [0.15, 0.2) is 32.7 Å². The maximum atomic E-state index is 14.3. The third-order valence-electron chi connectivity index (χ3n) is 4.76. The van der Waals surface area contributed by atoms with Crippen molar-refractivity contribution in [2.75, 3.05) is 22.9 Å². The van der Waals surface area contributed by atoms with Crippen LogP contribution in [0.1, 0.15) is 50.9 Å². The molecule has 8 nitrogen and oxygen atoms in total. The second kappa shape index (κ2) is 11.1. The number of aromatic amines is 1. The van der Waals surface area contributed by atoms with E-state index in [4.69, 9.17) is 5.73 Å². The molecule has 2 aromatic rings. The van der Waals surface area contributed by atoms with E-state index in [0.717, 1.165) is 24.2 Å². The SMILES string of the molecule is CCCCn1c(N)c(N(CC(C)C)C(=O)CSc2ccc(C(C)=O)cc2F)c(=O)[nH]c1=O. The van der Waals surface area contributed by atoms with Crippen molar-refractivity contribution in [1.82, 2.24) is 9.55 Å². The summed E-state index contributed by atoms with van der Waals surface area (Å²) >= 11 is 0.959. The van der Waals surface area contributed by atoms with E-state index >= 15 is 0 Å². The maximum absolute atomic E-state index is 14.3. The van der Waals surface area contributed by atoms with Crippen LogP contribution < -0.4 is 21.9 Å². The number of anilines is 2. The van der Waals surface area contributed by atoms with Gasteiger partial charge in [-0.05, 0) is 31.4 Å². The lowest BCUT2D eigenvalue weighted by Gasteiger charge is -2.26. The Hall–Kier alpha value is -2.88. The second-order valence-corrected chi connectivity index (χ2v) is 8.90. The number of ketones is 1. The predicted molar refractivity (Wildman–Crippen MR) is 125 cm³/mol. The molecule has 1 aromatic carbocycles. The number of aromatic nitrogens is 2. The molecule has 0 bridgehead atoms. The number of benzene rings is 1. The quantitative estimate of drug-likeness (QED) is 0.412. The number of halogens is 1. The summed E-state index contributed by atoms with van der Waals surface area (Å²) in [5.41, 5.74) is 4.97. The molecule has 0 radical (unpaired) electrons. The first kappa shape index (κ1) is 25.4. The number of thioether (sulfide) groups is 1. The molecule has 1 aromatic heterocycles. The number of nitrogens with one attached hydrogen (secondary N) is 1. The van der Waals surface area contributed by atoms with E-state index in [9.17, 15) is 23.6 Å². The van der Waals surface area contributed by atoms with Crippen LogP contribution in [0, 0.1) is 11.7 Å². The maximum Gasteiger partial charge on any atom is 0.330 e. The third kappa shape index (κ3) is 6.09. The Bertz CT molecular complexity index is 1110. The molecule has 10 heteroatoms. The Morgan fingerprint density at radius 2 is 1.97 bits per heavy atom. The van der Waals surface area contributed by atoms with Crippen LogP contribution in [-0.2, 0) is 11.3 Å². The predicted octanol–water partition coefficient (Wildman–Crippen LogP) is 3.04. The molecule has 0 aliphatic heterocycles. The summed E-state index contributed by atoms with van der Waals surface area (Å²) in [6.45, 7) is 7.58. The molecule has 1 amide bonds. The Morgan fingerprint density at radius 3 is 2.53 bits per heavy atom. The van der Waals surface area contributed by atoms with Gasteiger partial charge in [0.1, 0.15) is 11.6 Å². The Labute approximate surface area is 190 Å². The van der Waals surface area contributed by atoms with Gasteiger partial charge in [0.05, 0.1) is 5.75 Å². The van der Waals surface area contributed by atoms with Crippen LogP contribution in [0.4, 0.5) is 15.9 Å². The highest BCUT2D eigenvalue weighted by Crippen LogP contribution is 2.25. The smallest absolute Gasteiger partial charge is 0.330 e. The third-order valence-corrected chi connectivity index (χ3v) is 5.79. The fraction of sp³-hybridized carbons (Fsp3) is 0.455. The molecule has 0 spiro atoms. The van der Waals surface area contributed by atoms with Crippen molar-refractivity contribution < 1.29 is 14.0 Å². The van der Waals surface area contributed by atoms with Crippen LogP contribution in [0.25, 0.3) is 0 Å². The topological polar surface area (TPSA) is 118 Å². The van der Waals surface area contributed by atoms with Gasteiger partial charge in [-0.1, -0.05) is 33.3 Å². The summed E-state index contributed by atoms with van der Waals surface area (Å²) in [5, 5.41) is 0. The number of rotatable bonds is 10. The van der Waals surface area contributed by atoms with E-state index in [2.05, 4.69) is 4.98 Å².